The summed E-state index contributed by atoms with van der Waals surface area (Å²) in [5, 5.41) is 11.1. The molecule has 1 amide bonds. The number of benzene rings is 1. The van der Waals surface area contributed by atoms with Crippen LogP contribution < -0.4 is 5.32 Å². The van der Waals surface area contributed by atoms with Crippen LogP contribution in [0.4, 0.5) is 18.9 Å². The van der Waals surface area contributed by atoms with Gasteiger partial charge in [-0.2, -0.15) is 18.4 Å². The number of hydrogen-bond donors (Lipinski definition) is 1. The molecular weight excluding hydrogens is 257 g/mol. The van der Waals surface area contributed by atoms with Gasteiger partial charge in [0.2, 0.25) is 5.91 Å². The smallest absolute Gasteiger partial charge is 0.326 e. The highest BCUT2D eigenvalue weighted by Gasteiger charge is 2.45. The molecule has 1 N–H and O–H groups in total. The molecule has 0 spiro atoms. The van der Waals surface area contributed by atoms with E-state index in [1.165, 1.54) is 12.1 Å². The minimum absolute atomic E-state index is 0.0597. The van der Waals surface area contributed by atoms with Crippen LogP contribution in [0.2, 0.25) is 0 Å². The average Bonchev–Trinajstić information content (AvgIpc) is 3.07. The van der Waals surface area contributed by atoms with Gasteiger partial charge < -0.3 is 5.32 Å². The number of hydrogen-bond acceptors (Lipinski definition) is 2. The molecule has 1 fully saturated rings. The monoisotopic (exact) mass is 268 g/mol. The number of nitriles is 1. The highest BCUT2D eigenvalue weighted by molar-refractivity contribution is 5.96. The Balaban J connectivity index is 2.29. The Morgan fingerprint density at radius 3 is 2.53 bits per heavy atom. The lowest BCUT2D eigenvalue weighted by atomic mass is 10.1. The van der Waals surface area contributed by atoms with Crippen molar-refractivity contribution in [1.29, 1.82) is 5.26 Å². The predicted octanol–water partition coefficient (Wildman–Crippen LogP) is 3.32. The number of carbonyl (C=O) groups excluding carboxylic acids is 1. The number of rotatable bonds is 2. The molecule has 0 atom stereocenters. The Kier molecular flexibility index (Phi) is 3.01. The molecule has 1 saturated carbocycles. The highest BCUT2D eigenvalue weighted by atomic mass is 19.4. The summed E-state index contributed by atoms with van der Waals surface area (Å²) in [4.78, 5) is 11.8. The number of nitrogens with one attached hydrogen (secondary N) is 1. The van der Waals surface area contributed by atoms with Gasteiger partial charge in [0.25, 0.3) is 0 Å². The topological polar surface area (TPSA) is 52.9 Å². The van der Waals surface area contributed by atoms with Crippen molar-refractivity contribution in [3.63, 3.8) is 0 Å². The maximum absolute atomic E-state index is 12.7. The molecule has 1 aliphatic rings. The van der Waals surface area contributed by atoms with E-state index in [4.69, 9.17) is 5.26 Å². The molecule has 19 heavy (non-hydrogen) atoms. The zero-order valence-corrected chi connectivity index (χ0v) is 10.1. The van der Waals surface area contributed by atoms with Crippen molar-refractivity contribution in [2.45, 2.75) is 25.9 Å². The first-order chi connectivity index (χ1) is 8.76. The van der Waals surface area contributed by atoms with Crippen LogP contribution >= 0.6 is 0 Å². The second-order valence-electron chi connectivity index (χ2n) is 4.88. The Morgan fingerprint density at radius 2 is 2.05 bits per heavy atom. The molecule has 6 heteroatoms. The van der Waals surface area contributed by atoms with Crippen molar-refractivity contribution in [2.24, 2.45) is 5.41 Å². The number of amides is 1. The molecule has 1 aliphatic carbocycles. The molecule has 0 unspecified atom stereocenters. The normalized spacial score (nSPS) is 16.6. The van der Waals surface area contributed by atoms with Gasteiger partial charge in [-0.1, -0.05) is 6.92 Å². The van der Waals surface area contributed by atoms with E-state index < -0.39 is 22.7 Å². The molecular formula is C13H11F3N2O. The minimum Gasteiger partial charge on any atom is -0.326 e. The van der Waals surface area contributed by atoms with E-state index in [0.717, 1.165) is 25.0 Å². The van der Waals surface area contributed by atoms with Gasteiger partial charge in [0.1, 0.15) is 0 Å². The molecule has 0 radical (unpaired) electrons. The molecule has 2 rings (SSSR count). The van der Waals surface area contributed by atoms with Gasteiger partial charge >= 0.3 is 6.18 Å². The number of nitrogens with zero attached hydrogens (tertiary/aromatic N) is 1. The predicted molar refractivity (Wildman–Crippen MR) is 62.1 cm³/mol. The van der Waals surface area contributed by atoms with E-state index in [1.807, 2.05) is 0 Å². The fraction of sp³-hybridized carbons (Fsp3) is 0.385. The van der Waals surface area contributed by atoms with Crippen molar-refractivity contribution < 1.29 is 18.0 Å². The zero-order valence-electron chi connectivity index (χ0n) is 10.1. The lowest BCUT2D eigenvalue weighted by molar-refractivity contribution is -0.137. The third-order valence-corrected chi connectivity index (χ3v) is 3.25. The summed E-state index contributed by atoms with van der Waals surface area (Å²) >= 11 is 0. The van der Waals surface area contributed by atoms with Gasteiger partial charge in [0, 0.05) is 11.1 Å². The van der Waals surface area contributed by atoms with E-state index in [2.05, 4.69) is 5.32 Å². The molecule has 0 bridgehead atoms. The lowest BCUT2D eigenvalue weighted by Crippen LogP contribution is -2.21. The van der Waals surface area contributed by atoms with Crippen molar-refractivity contribution >= 4 is 11.6 Å². The average molecular weight is 268 g/mol. The molecule has 3 nitrogen and oxygen atoms in total. The van der Waals surface area contributed by atoms with Gasteiger partial charge in [0.15, 0.2) is 0 Å². The summed E-state index contributed by atoms with van der Waals surface area (Å²) in [5.74, 6) is -0.287. The largest absolute Gasteiger partial charge is 0.417 e. The molecule has 0 aliphatic heterocycles. The van der Waals surface area contributed by atoms with Crippen LogP contribution in [0.25, 0.3) is 0 Å². The summed E-state index contributed by atoms with van der Waals surface area (Å²) < 4.78 is 38.2. The van der Waals surface area contributed by atoms with Gasteiger partial charge in [0.05, 0.1) is 17.2 Å². The van der Waals surface area contributed by atoms with Gasteiger partial charge in [-0.05, 0) is 31.0 Å². The maximum Gasteiger partial charge on any atom is 0.417 e. The summed E-state index contributed by atoms with van der Waals surface area (Å²) in [6, 6.07) is 4.65. The van der Waals surface area contributed by atoms with Gasteiger partial charge in [-0.15, -0.1) is 0 Å². The van der Waals surface area contributed by atoms with Crippen LogP contribution in [-0.4, -0.2) is 5.91 Å². The Morgan fingerprint density at radius 1 is 1.42 bits per heavy atom. The van der Waals surface area contributed by atoms with Gasteiger partial charge in [-0.3, -0.25) is 4.79 Å². The molecule has 100 valence electrons. The quantitative estimate of drug-likeness (QED) is 0.894. The van der Waals surface area contributed by atoms with Crippen LogP contribution in [-0.2, 0) is 11.0 Å². The third-order valence-electron chi connectivity index (χ3n) is 3.25. The van der Waals surface area contributed by atoms with E-state index in [0.29, 0.717) is 0 Å². The summed E-state index contributed by atoms with van der Waals surface area (Å²) in [6.45, 7) is 1.76. The lowest BCUT2D eigenvalue weighted by Gasteiger charge is -2.13. The third kappa shape index (κ3) is 2.70. The number of carbonyl (C=O) groups is 1. The summed E-state index contributed by atoms with van der Waals surface area (Å²) in [5.41, 5.74) is -1.90. The molecule has 1 aromatic carbocycles. The zero-order chi connectivity index (χ0) is 14.3. The Bertz CT molecular complexity index is 568. The molecule has 1 aromatic rings. The molecule has 0 saturated heterocycles. The highest BCUT2D eigenvalue weighted by Crippen LogP contribution is 2.46. The second kappa shape index (κ2) is 4.26. The van der Waals surface area contributed by atoms with Crippen LogP contribution in [0, 0.1) is 16.7 Å². The maximum atomic E-state index is 12.7. The van der Waals surface area contributed by atoms with Gasteiger partial charge in [-0.25, -0.2) is 0 Å². The number of anilines is 1. The first kappa shape index (κ1) is 13.4. The fourth-order valence-corrected chi connectivity index (χ4v) is 1.65. The molecule has 0 heterocycles. The second-order valence-corrected chi connectivity index (χ2v) is 4.88. The van der Waals surface area contributed by atoms with E-state index in [1.54, 1.807) is 6.92 Å². The Hall–Kier alpha value is -2.03. The first-order valence-corrected chi connectivity index (χ1v) is 5.69. The van der Waals surface area contributed by atoms with Crippen LogP contribution in [0.1, 0.15) is 30.9 Å². The van der Waals surface area contributed by atoms with Crippen molar-refractivity contribution in [3.05, 3.63) is 29.3 Å². The van der Waals surface area contributed by atoms with E-state index in [-0.39, 0.29) is 11.6 Å². The van der Waals surface area contributed by atoms with E-state index in [9.17, 15) is 18.0 Å². The molecule has 0 aromatic heterocycles. The summed E-state index contributed by atoms with van der Waals surface area (Å²) in [7, 11) is 0. The number of halogens is 3. The van der Waals surface area contributed by atoms with Crippen LogP contribution in [0.15, 0.2) is 18.2 Å². The number of alkyl halides is 3. The SMILES string of the molecule is CC1(C(=O)Nc2ccc(C#N)c(C(F)(F)F)c2)CC1. The van der Waals surface area contributed by atoms with Crippen molar-refractivity contribution in [1.82, 2.24) is 0 Å². The fourth-order valence-electron chi connectivity index (χ4n) is 1.65. The van der Waals surface area contributed by atoms with E-state index >= 15 is 0 Å². The standard InChI is InChI=1S/C13H11F3N2O/c1-12(4-5-12)11(19)18-9-3-2-8(7-17)10(6-9)13(14,15)16/h2-3,6H,4-5H2,1H3,(H,18,19). The first-order valence-electron chi connectivity index (χ1n) is 5.69. The summed E-state index contributed by atoms with van der Waals surface area (Å²) in [6.07, 6.45) is -3.14. The van der Waals surface area contributed by atoms with Crippen LogP contribution in [0.5, 0.6) is 0 Å². The van der Waals surface area contributed by atoms with Crippen molar-refractivity contribution in [3.8, 4) is 6.07 Å². The van der Waals surface area contributed by atoms with Crippen molar-refractivity contribution in [2.75, 3.05) is 5.32 Å². The minimum atomic E-state index is -4.62. The Labute approximate surface area is 108 Å². The van der Waals surface area contributed by atoms with Crippen LogP contribution in [0.3, 0.4) is 0 Å².